The van der Waals surface area contributed by atoms with E-state index >= 15 is 0 Å². The highest BCUT2D eigenvalue weighted by molar-refractivity contribution is 5.08. The minimum absolute atomic E-state index is 0.211. The van der Waals surface area contributed by atoms with Crippen LogP contribution in [-0.2, 0) is 0 Å². The van der Waals surface area contributed by atoms with E-state index in [1.54, 1.807) is 6.92 Å². The van der Waals surface area contributed by atoms with Crippen LogP contribution in [0.15, 0.2) is 16.5 Å². The molecule has 0 fully saturated rings. The van der Waals surface area contributed by atoms with Crippen LogP contribution in [0.2, 0.25) is 0 Å². The molecule has 0 saturated heterocycles. The SMILES string of the molecule is Cc1ccc(C(C)NCCC(C)O)o1. The van der Waals surface area contributed by atoms with Crippen molar-refractivity contribution in [2.45, 2.75) is 39.3 Å². The highest BCUT2D eigenvalue weighted by Gasteiger charge is 2.08. The lowest BCUT2D eigenvalue weighted by Crippen LogP contribution is -2.22. The fourth-order valence-electron chi connectivity index (χ4n) is 1.30. The quantitative estimate of drug-likeness (QED) is 0.759. The van der Waals surface area contributed by atoms with Crippen molar-refractivity contribution in [3.63, 3.8) is 0 Å². The van der Waals surface area contributed by atoms with Crippen molar-refractivity contribution >= 4 is 0 Å². The summed E-state index contributed by atoms with van der Waals surface area (Å²) in [6.45, 7) is 6.59. The number of aliphatic hydroxyl groups is 1. The van der Waals surface area contributed by atoms with Crippen molar-refractivity contribution in [2.24, 2.45) is 0 Å². The monoisotopic (exact) mass is 197 g/mol. The van der Waals surface area contributed by atoms with Gasteiger partial charge in [-0.3, -0.25) is 0 Å². The summed E-state index contributed by atoms with van der Waals surface area (Å²) in [7, 11) is 0. The molecule has 1 heterocycles. The summed E-state index contributed by atoms with van der Waals surface area (Å²) in [6.07, 6.45) is 0.525. The van der Waals surface area contributed by atoms with Crippen LogP contribution in [0, 0.1) is 6.92 Å². The number of hydrogen-bond acceptors (Lipinski definition) is 3. The van der Waals surface area contributed by atoms with Crippen LogP contribution in [0.25, 0.3) is 0 Å². The first-order valence-electron chi connectivity index (χ1n) is 5.07. The third kappa shape index (κ3) is 3.52. The Balaban J connectivity index is 2.32. The number of hydrogen-bond donors (Lipinski definition) is 2. The Labute approximate surface area is 85.1 Å². The van der Waals surface area contributed by atoms with Gasteiger partial charge in [-0.15, -0.1) is 0 Å². The molecule has 1 rings (SSSR count). The van der Waals surface area contributed by atoms with Crippen LogP contribution in [0.4, 0.5) is 0 Å². The van der Waals surface area contributed by atoms with Gasteiger partial charge in [-0.05, 0) is 45.9 Å². The van der Waals surface area contributed by atoms with Gasteiger partial charge in [0.15, 0.2) is 0 Å². The molecule has 0 spiro atoms. The fourth-order valence-corrected chi connectivity index (χ4v) is 1.30. The van der Waals surface area contributed by atoms with E-state index < -0.39 is 0 Å². The molecule has 0 aromatic carbocycles. The summed E-state index contributed by atoms with van der Waals surface area (Å²) < 4.78 is 5.48. The van der Waals surface area contributed by atoms with E-state index in [-0.39, 0.29) is 12.1 Å². The molecule has 14 heavy (non-hydrogen) atoms. The van der Waals surface area contributed by atoms with Gasteiger partial charge < -0.3 is 14.8 Å². The van der Waals surface area contributed by atoms with Crippen molar-refractivity contribution < 1.29 is 9.52 Å². The number of rotatable bonds is 5. The molecule has 1 aromatic heterocycles. The van der Waals surface area contributed by atoms with Crippen molar-refractivity contribution in [1.29, 1.82) is 0 Å². The van der Waals surface area contributed by atoms with E-state index in [2.05, 4.69) is 12.2 Å². The molecule has 3 heteroatoms. The van der Waals surface area contributed by atoms with Gasteiger partial charge in [-0.1, -0.05) is 0 Å². The van der Waals surface area contributed by atoms with Gasteiger partial charge in [-0.2, -0.15) is 0 Å². The molecular formula is C11H19NO2. The van der Waals surface area contributed by atoms with E-state index in [9.17, 15) is 0 Å². The average Bonchev–Trinajstić information content (AvgIpc) is 2.51. The molecule has 0 amide bonds. The highest BCUT2D eigenvalue weighted by atomic mass is 16.3. The Hall–Kier alpha value is -0.800. The van der Waals surface area contributed by atoms with Gasteiger partial charge in [0.1, 0.15) is 11.5 Å². The molecular weight excluding hydrogens is 178 g/mol. The van der Waals surface area contributed by atoms with Crippen molar-refractivity contribution in [3.05, 3.63) is 23.7 Å². The Morgan fingerprint density at radius 2 is 2.14 bits per heavy atom. The predicted molar refractivity (Wildman–Crippen MR) is 56.2 cm³/mol. The third-order valence-electron chi connectivity index (χ3n) is 2.20. The van der Waals surface area contributed by atoms with E-state index in [4.69, 9.17) is 9.52 Å². The van der Waals surface area contributed by atoms with E-state index in [0.717, 1.165) is 24.5 Å². The first kappa shape index (κ1) is 11.3. The zero-order valence-electron chi connectivity index (χ0n) is 9.08. The van der Waals surface area contributed by atoms with E-state index in [1.165, 1.54) is 0 Å². The molecule has 0 aliphatic rings. The lowest BCUT2D eigenvalue weighted by molar-refractivity contribution is 0.182. The first-order valence-corrected chi connectivity index (χ1v) is 5.07. The van der Waals surface area contributed by atoms with E-state index in [1.807, 2.05) is 19.1 Å². The lowest BCUT2D eigenvalue weighted by Gasteiger charge is -2.11. The standard InChI is InChI=1S/C11H19NO2/c1-8(13)6-7-12-10(3)11-5-4-9(2)14-11/h4-5,8,10,12-13H,6-7H2,1-3H3. The summed E-state index contributed by atoms with van der Waals surface area (Å²) in [6, 6.07) is 4.15. The van der Waals surface area contributed by atoms with Crippen LogP contribution >= 0.6 is 0 Å². The normalized spacial score (nSPS) is 15.4. The molecule has 2 unspecified atom stereocenters. The Kier molecular flexibility index (Phi) is 4.17. The molecule has 2 atom stereocenters. The number of furan rings is 1. The summed E-state index contributed by atoms with van der Waals surface area (Å²) in [5.41, 5.74) is 0. The van der Waals surface area contributed by atoms with Crippen LogP contribution in [0.3, 0.4) is 0 Å². The second-order valence-corrected chi connectivity index (χ2v) is 3.76. The summed E-state index contributed by atoms with van der Waals surface area (Å²) >= 11 is 0. The van der Waals surface area contributed by atoms with Gasteiger partial charge in [0.2, 0.25) is 0 Å². The molecule has 0 aliphatic carbocycles. The number of aryl methyl sites for hydroxylation is 1. The summed E-state index contributed by atoms with van der Waals surface area (Å²) in [4.78, 5) is 0. The second-order valence-electron chi connectivity index (χ2n) is 3.76. The molecule has 0 bridgehead atoms. The summed E-state index contributed by atoms with van der Waals surface area (Å²) in [5, 5.41) is 12.4. The molecule has 0 saturated carbocycles. The molecule has 3 nitrogen and oxygen atoms in total. The van der Waals surface area contributed by atoms with Crippen LogP contribution in [0.5, 0.6) is 0 Å². The van der Waals surface area contributed by atoms with Crippen LogP contribution < -0.4 is 5.32 Å². The Morgan fingerprint density at radius 1 is 1.43 bits per heavy atom. The maximum atomic E-state index is 9.08. The van der Waals surface area contributed by atoms with Gasteiger partial charge in [-0.25, -0.2) is 0 Å². The smallest absolute Gasteiger partial charge is 0.120 e. The molecule has 1 aromatic rings. The number of nitrogens with one attached hydrogen (secondary N) is 1. The predicted octanol–water partition coefficient (Wildman–Crippen LogP) is 2.01. The van der Waals surface area contributed by atoms with Crippen LogP contribution in [-0.4, -0.2) is 17.8 Å². The maximum absolute atomic E-state index is 9.08. The zero-order valence-corrected chi connectivity index (χ0v) is 9.08. The molecule has 0 radical (unpaired) electrons. The second kappa shape index (κ2) is 5.17. The fraction of sp³-hybridized carbons (Fsp3) is 0.636. The summed E-state index contributed by atoms with van der Waals surface area (Å²) in [5.74, 6) is 1.89. The third-order valence-corrected chi connectivity index (χ3v) is 2.20. The van der Waals surface area contributed by atoms with Gasteiger partial charge in [0, 0.05) is 0 Å². The average molecular weight is 197 g/mol. The van der Waals surface area contributed by atoms with Gasteiger partial charge in [0.05, 0.1) is 12.1 Å². The van der Waals surface area contributed by atoms with Crippen molar-refractivity contribution in [1.82, 2.24) is 5.32 Å². The maximum Gasteiger partial charge on any atom is 0.120 e. The van der Waals surface area contributed by atoms with Crippen LogP contribution in [0.1, 0.15) is 37.8 Å². The molecule has 0 aliphatic heterocycles. The Bertz CT molecular complexity index is 268. The van der Waals surface area contributed by atoms with Gasteiger partial charge >= 0.3 is 0 Å². The largest absolute Gasteiger partial charge is 0.465 e. The number of aliphatic hydroxyl groups excluding tert-OH is 1. The zero-order chi connectivity index (χ0) is 10.6. The van der Waals surface area contributed by atoms with Crippen molar-refractivity contribution in [3.8, 4) is 0 Å². The topological polar surface area (TPSA) is 45.4 Å². The van der Waals surface area contributed by atoms with Crippen molar-refractivity contribution in [2.75, 3.05) is 6.54 Å². The lowest BCUT2D eigenvalue weighted by atomic mass is 10.2. The Morgan fingerprint density at radius 3 is 2.64 bits per heavy atom. The molecule has 2 N–H and O–H groups in total. The highest BCUT2D eigenvalue weighted by Crippen LogP contribution is 2.15. The first-order chi connectivity index (χ1) is 6.59. The molecule has 80 valence electrons. The van der Waals surface area contributed by atoms with Gasteiger partial charge in [0.25, 0.3) is 0 Å². The van der Waals surface area contributed by atoms with E-state index in [0.29, 0.717) is 0 Å². The minimum Gasteiger partial charge on any atom is -0.465 e. The minimum atomic E-state index is -0.243.